The Balaban J connectivity index is 2.18. The van der Waals surface area contributed by atoms with Crippen molar-refractivity contribution in [1.29, 1.82) is 0 Å². The minimum Gasteiger partial charge on any atom is -0.303 e. The van der Waals surface area contributed by atoms with Crippen LogP contribution in [0.1, 0.15) is 43.5 Å². The standard InChI is InChI=1S/C17H18BrCl2N/c1-3-17(15-8-7-14(19)10-16(15)20)21-11(2)12-5-4-6-13(18)9-12/h4-11,17,21H,3H2,1-2H3. The van der Waals surface area contributed by atoms with Gasteiger partial charge >= 0.3 is 0 Å². The van der Waals surface area contributed by atoms with Gasteiger partial charge in [0.25, 0.3) is 0 Å². The molecule has 0 fully saturated rings. The molecule has 2 unspecified atom stereocenters. The van der Waals surface area contributed by atoms with Gasteiger partial charge in [0, 0.05) is 26.6 Å². The van der Waals surface area contributed by atoms with Gasteiger partial charge in [0.2, 0.25) is 0 Å². The van der Waals surface area contributed by atoms with Gasteiger partial charge in [-0.3, -0.25) is 0 Å². The van der Waals surface area contributed by atoms with E-state index in [0.29, 0.717) is 10.0 Å². The molecule has 1 nitrogen and oxygen atoms in total. The van der Waals surface area contributed by atoms with Crippen LogP contribution in [0.4, 0.5) is 0 Å². The zero-order chi connectivity index (χ0) is 15.4. The Hall–Kier alpha value is -0.540. The SMILES string of the molecule is CCC(NC(C)c1cccc(Br)c1)c1ccc(Cl)cc1Cl. The molecule has 21 heavy (non-hydrogen) atoms. The quantitative estimate of drug-likeness (QED) is 0.613. The topological polar surface area (TPSA) is 12.0 Å². The summed E-state index contributed by atoms with van der Waals surface area (Å²) < 4.78 is 1.09. The molecule has 2 aromatic rings. The summed E-state index contributed by atoms with van der Waals surface area (Å²) in [7, 11) is 0. The van der Waals surface area contributed by atoms with Crippen LogP contribution in [-0.4, -0.2) is 0 Å². The first-order chi connectivity index (χ1) is 10.0. The molecule has 0 spiro atoms. The fraction of sp³-hybridized carbons (Fsp3) is 0.294. The van der Waals surface area contributed by atoms with E-state index in [1.165, 1.54) is 5.56 Å². The second kappa shape index (κ2) is 7.64. The third-order valence-electron chi connectivity index (χ3n) is 3.55. The van der Waals surface area contributed by atoms with E-state index < -0.39 is 0 Å². The smallest absolute Gasteiger partial charge is 0.0468 e. The molecule has 0 aromatic heterocycles. The highest BCUT2D eigenvalue weighted by atomic mass is 79.9. The summed E-state index contributed by atoms with van der Waals surface area (Å²) >= 11 is 15.8. The molecule has 0 heterocycles. The van der Waals surface area contributed by atoms with Crippen molar-refractivity contribution in [2.24, 2.45) is 0 Å². The number of hydrogen-bond acceptors (Lipinski definition) is 1. The van der Waals surface area contributed by atoms with E-state index in [0.717, 1.165) is 16.5 Å². The lowest BCUT2D eigenvalue weighted by atomic mass is 10.0. The first-order valence-corrected chi connectivity index (χ1v) is 8.52. The maximum atomic E-state index is 6.33. The minimum absolute atomic E-state index is 0.198. The zero-order valence-electron chi connectivity index (χ0n) is 12.0. The number of hydrogen-bond donors (Lipinski definition) is 1. The first kappa shape index (κ1) is 16.8. The maximum absolute atomic E-state index is 6.33. The van der Waals surface area contributed by atoms with Crippen LogP contribution in [0.15, 0.2) is 46.9 Å². The van der Waals surface area contributed by atoms with Crippen LogP contribution in [0.5, 0.6) is 0 Å². The third-order valence-corrected chi connectivity index (χ3v) is 4.60. The van der Waals surface area contributed by atoms with E-state index in [9.17, 15) is 0 Å². The van der Waals surface area contributed by atoms with Gasteiger partial charge in [0.15, 0.2) is 0 Å². The Morgan fingerprint density at radius 1 is 1.14 bits per heavy atom. The fourth-order valence-corrected chi connectivity index (χ4v) is 3.34. The molecule has 0 bridgehead atoms. The number of rotatable bonds is 5. The van der Waals surface area contributed by atoms with Crippen LogP contribution in [0, 0.1) is 0 Å². The highest BCUT2D eigenvalue weighted by Gasteiger charge is 2.16. The van der Waals surface area contributed by atoms with Crippen LogP contribution in [0.2, 0.25) is 10.0 Å². The zero-order valence-corrected chi connectivity index (χ0v) is 15.1. The Kier molecular flexibility index (Phi) is 6.12. The van der Waals surface area contributed by atoms with Gasteiger partial charge < -0.3 is 5.32 Å². The average molecular weight is 387 g/mol. The minimum atomic E-state index is 0.198. The van der Waals surface area contributed by atoms with Crippen molar-refractivity contribution < 1.29 is 0 Å². The van der Waals surface area contributed by atoms with Crippen molar-refractivity contribution >= 4 is 39.1 Å². The molecular formula is C17H18BrCl2N. The normalized spacial score (nSPS) is 14.0. The van der Waals surface area contributed by atoms with Crippen molar-refractivity contribution in [3.05, 3.63) is 68.1 Å². The van der Waals surface area contributed by atoms with Gasteiger partial charge in [-0.05, 0) is 48.7 Å². The van der Waals surface area contributed by atoms with Gasteiger partial charge in [0.05, 0.1) is 0 Å². The number of halogens is 3. The van der Waals surface area contributed by atoms with E-state index in [2.05, 4.69) is 47.2 Å². The lowest BCUT2D eigenvalue weighted by Gasteiger charge is -2.24. The summed E-state index contributed by atoms with van der Waals surface area (Å²) in [5.41, 5.74) is 2.33. The predicted octanol–water partition coefficient (Wildman–Crippen LogP) is 6.56. The van der Waals surface area contributed by atoms with E-state index in [4.69, 9.17) is 23.2 Å². The molecule has 2 aromatic carbocycles. The van der Waals surface area contributed by atoms with Crippen molar-refractivity contribution in [3.8, 4) is 0 Å². The maximum Gasteiger partial charge on any atom is 0.0468 e. The fourth-order valence-electron chi connectivity index (χ4n) is 2.39. The second-order valence-corrected chi connectivity index (χ2v) is 6.83. The Morgan fingerprint density at radius 2 is 1.90 bits per heavy atom. The molecule has 0 amide bonds. The predicted molar refractivity (Wildman–Crippen MR) is 95.2 cm³/mol. The molecule has 1 N–H and O–H groups in total. The molecule has 0 radical (unpaired) electrons. The van der Waals surface area contributed by atoms with Gasteiger partial charge in [-0.2, -0.15) is 0 Å². The summed E-state index contributed by atoms with van der Waals surface area (Å²) in [6.45, 7) is 4.31. The van der Waals surface area contributed by atoms with E-state index in [1.807, 2.05) is 24.3 Å². The summed E-state index contributed by atoms with van der Waals surface area (Å²) in [5, 5.41) is 5.02. The van der Waals surface area contributed by atoms with Crippen LogP contribution in [-0.2, 0) is 0 Å². The van der Waals surface area contributed by atoms with Gasteiger partial charge in [-0.1, -0.05) is 64.3 Å². The molecule has 0 aliphatic carbocycles. The monoisotopic (exact) mass is 385 g/mol. The summed E-state index contributed by atoms with van der Waals surface area (Å²) in [6, 6.07) is 14.5. The van der Waals surface area contributed by atoms with Crippen LogP contribution in [0.25, 0.3) is 0 Å². The lowest BCUT2D eigenvalue weighted by Crippen LogP contribution is -2.24. The highest BCUT2D eigenvalue weighted by Crippen LogP contribution is 2.30. The summed E-state index contributed by atoms with van der Waals surface area (Å²) in [5.74, 6) is 0. The molecular weight excluding hydrogens is 369 g/mol. The molecule has 0 saturated heterocycles. The Bertz CT molecular complexity index is 615. The van der Waals surface area contributed by atoms with Crippen molar-refractivity contribution in [2.45, 2.75) is 32.4 Å². The molecule has 2 rings (SSSR count). The van der Waals surface area contributed by atoms with Crippen molar-refractivity contribution in [3.63, 3.8) is 0 Å². The van der Waals surface area contributed by atoms with Crippen molar-refractivity contribution in [1.82, 2.24) is 5.32 Å². The van der Waals surface area contributed by atoms with Crippen LogP contribution < -0.4 is 5.32 Å². The summed E-state index contributed by atoms with van der Waals surface area (Å²) in [6.07, 6.45) is 0.958. The molecule has 112 valence electrons. The molecule has 0 aliphatic heterocycles. The largest absolute Gasteiger partial charge is 0.303 e. The molecule has 4 heteroatoms. The van der Waals surface area contributed by atoms with E-state index in [-0.39, 0.29) is 12.1 Å². The number of nitrogens with one attached hydrogen (secondary N) is 1. The molecule has 0 aliphatic rings. The van der Waals surface area contributed by atoms with E-state index in [1.54, 1.807) is 6.07 Å². The van der Waals surface area contributed by atoms with Crippen LogP contribution >= 0.6 is 39.1 Å². The highest BCUT2D eigenvalue weighted by molar-refractivity contribution is 9.10. The van der Waals surface area contributed by atoms with Gasteiger partial charge in [-0.25, -0.2) is 0 Å². The van der Waals surface area contributed by atoms with Crippen LogP contribution in [0.3, 0.4) is 0 Å². The van der Waals surface area contributed by atoms with Gasteiger partial charge in [-0.15, -0.1) is 0 Å². The number of benzene rings is 2. The van der Waals surface area contributed by atoms with Crippen molar-refractivity contribution in [2.75, 3.05) is 0 Å². The van der Waals surface area contributed by atoms with Gasteiger partial charge in [0.1, 0.15) is 0 Å². The average Bonchev–Trinajstić information content (AvgIpc) is 2.45. The molecule has 2 atom stereocenters. The second-order valence-electron chi connectivity index (χ2n) is 5.07. The summed E-state index contributed by atoms with van der Waals surface area (Å²) in [4.78, 5) is 0. The van der Waals surface area contributed by atoms with E-state index >= 15 is 0 Å². The Labute approximate surface area is 144 Å². The molecule has 0 saturated carbocycles. The third kappa shape index (κ3) is 4.46. The first-order valence-electron chi connectivity index (χ1n) is 6.97. The lowest BCUT2D eigenvalue weighted by molar-refractivity contribution is 0.456. The Morgan fingerprint density at radius 3 is 2.52 bits per heavy atom.